The van der Waals surface area contributed by atoms with Gasteiger partial charge in [-0.25, -0.2) is 0 Å². The van der Waals surface area contributed by atoms with Crippen LogP contribution in [0.1, 0.15) is 65.9 Å². The van der Waals surface area contributed by atoms with Crippen molar-refractivity contribution >= 4 is 19.2 Å². The van der Waals surface area contributed by atoms with E-state index in [9.17, 15) is 4.79 Å². The molecule has 0 N–H and O–H groups in total. The Bertz CT molecular complexity index is 519. The van der Waals surface area contributed by atoms with Gasteiger partial charge in [0.2, 0.25) is 0 Å². The van der Waals surface area contributed by atoms with Gasteiger partial charge in [-0.05, 0) is 30.5 Å². The molecule has 0 atom stereocenters. The average molecular weight is 347 g/mol. The minimum Gasteiger partial charge on any atom is -0.427 e. The zero-order valence-corrected chi connectivity index (χ0v) is 17.2. The highest BCUT2D eigenvalue weighted by Gasteiger charge is 2.31. The molecule has 1 rings (SSSR count). The molecule has 0 spiro atoms. The molecule has 1 aromatic carbocycles. The number of esters is 1. The average Bonchev–Trinajstić information content (AvgIpc) is 2.59. The third kappa shape index (κ3) is 5.62. The Balaban J connectivity index is 3.14. The van der Waals surface area contributed by atoms with Crippen molar-refractivity contribution in [3.63, 3.8) is 0 Å². The first-order chi connectivity index (χ1) is 11.5. The molecule has 0 unspecified atom stereocenters. The monoisotopic (exact) mass is 346 g/mol. The molecule has 3 heteroatoms. The highest BCUT2D eigenvalue weighted by Crippen LogP contribution is 2.36. The van der Waals surface area contributed by atoms with Gasteiger partial charge in [0.25, 0.3) is 0 Å². The fraction of sp³-hybridized carbons (Fsp3) is 0.571. The summed E-state index contributed by atoms with van der Waals surface area (Å²) in [5.74, 6) is 0.367. The van der Waals surface area contributed by atoms with E-state index in [1.165, 1.54) is 56.3 Å². The second-order valence-electron chi connectivity index (χ2n) is 6.57. The Hall–Kier alpha value is -1.35. The van der Waals surface area contributed by atoms with E-state index in [1.54, 1.807) is 5.20 Å². The topological polar surface area (TPSA) is 26.3 Å². The molecule has 0 aliphatic carbocycles. The molecule has 1 aromatic rings. The summed E-state index contributed by atoms with van der Waals surface area (Å²) in [5, 5.41) is 1.60. The molecule has 0 saturated carbocycles. The van der Waals surface area contributed by atoms with Crippen LogP contribution in [0, 0.1) is 0 Å². The van der Waals surface area contributed by atoms with Crippen LogP contribution in [0.25, 0.3) is 5.20 Å². The number of unbranched alkanes of at least 4 members (excludes halogenated alkanes) is 3. The van der Waals surface area contributed by atoms with E-state index in [2.05, 4.69) is 45.9 Å². The summed E-state index contributed by atoms with van der Waals surface area (Å²) in [7, 11) is -1.44. The Labute approximate surface area is 149 Å². The first-order valence-electron chi connectivity index (χ1n) is 9.52. The molecule has 0 amide bonds. The molecule has 2 nitrogen and oxygen atoms in total. The van der Waals surface area contributed by atoms with E-state index in [0.29, 0.717) is 5.75 Å². The van der Waals surface area contributed by atoms with Gasteiger partial charge in [-0.15, -0.1) is 0 Å². The maximum absolute atomic E-state index is 11.1. The fourth-order valence-electron chi connectivity index (χ4n) is 3.47. The number of carbonyl (C=O) groups is 1. The predicted octanol–water partition coefficient (Wildman–Crippen LogP) is 6.62. The van der Waals surface area contributed by atoms with Crippen LogP contribution in [-0.2, 0) is 4.79 Å². The molecular formula is C21H34O2Si. The van der Waals surface area contributed by atoms with E-state index in [-0.39, 0.29) is 5.97 Å². The summed E-state index contributed by atoms with van der Waals surface area (Å²) in [6.07, 6.45) is 7.52. The van der Waals surface area contributed by atoms with Crippen molar-refractivity contribution in [2.24, 2.45) is 0 Å². The molecule has 24 heavy (non-hydrogen) atoms. The predicted molar refractivity (Wildman–Crippen MR) is 107 cm³/mol. The summed E-state index contributed by atoms with van der Waals surface area (Å²) >= 11 is 0. The number of hydrogen-bond acceptors (Lipinski definition) is 2. The van der Waals surface area contributed by atoms with Gasteiger partial charge in [0.15, 0.2) is 0 Å². The molecule has 0 saturated heterocycles. The van der Waals surface area contributed by atoms with Crippen LogP contribution in [0.4, 0.5) is 0 Å². The maximum Gasteiger partial charge on any atom is 0.308 e. The summed E-state index contributed by atoms with van der Waals surface area (Å²) < 4.78 is 5.18. The number of carbonyl (C=O) groups excluding carboxylic acids is 1. The molecule has 0 heterocycles. The fourth-order valence-corrected chi connectivity index (χ4v) is 7.47. The minimum absolute atomic E-state index is 0.266. The zero-order chi connectivity index (χ0) is 18.0. The van der Waals surface area contributed by atoms with E-state index in [4.69, 9.17) is 4.74 Å². The first kappa shape index (κ1) is 20.7. The lowest BCUT2D eigenvalue weighted by Crippen LogP contribution is -2.33. The maximum atomic E-state index is 11.1. The lowest BCUT2D eigenvalue weighted by molar-refractivity contribution is -0.131. The van der Waals surface area contributed by atoms with E-state index in [1.807, 2.05) is 12.1 Å². The van der Waals surface area contributed by atoms with Crippen molar-refractivity contribution in [3.8, 4) is 5.75 Å². The third-order valence-corrected chi connectivity index (χ3v) is 10.9. The minimum atomic E-state index is -1.44. The van der Waals surface area contributed by atoms with Crippen molar-refractivity contribution in [1.29, 1.82) is 0 Å². The zero-order valence-electron chi connectivity index (χ0n) is 16.2. The van der Waals surface area contributed by atoms with Gasteiger partial charge in [0.1, 0.15) is 5.75 Å². The second kappa shape index (κ2) is 10.5. The number of allylic oxidation sites excluding steroid dienone is 1. The Kier molecular flexibility index (Phi) is 9.05. The lowest BCUT2D eigenvalue weighted by Gasteiger charge is -2.32. The standard InChI is InChI=1S/C21H34O2Si/c1-6-10-11-12-13-21(24(7-2,8-3)9-4)19-14-16-20(17-15-19)23-18(5)22/h13-17H,6-12H2,1-5H3/b21-13-. The molecule has 0 aliphatic heterocycles. The van der Waals surface area contributed by atoms with Crippen LogP contribution < -0.4 is 4.74 Å². The summed E-state index contributed by atoms with van der Waals surface area (Å²) in [4.78, 5) is 11.1. The van der Waals surface area contributed by atoms with Crippen LogP contribution in [0.3, 0.4) is 0 Å². The molecule has 0 aromatic heterocycles. The van der Waals surface area contributed by atoms with Gasteiger partial charge >= 0.3 is 5.97 Å². The number of hydrogen-bond donors (Lipinski definition) is 0. The lowest BCUT2D eigenvalue weighted by atomic mass is 10.1. The van der Waals surface area contributed by atoms with Gasteiger partial charge in [-0.1, -0.05) is 82.1 Å². The molecule has 134 valence electrons. The first-order valence-corrected chi connectivity index (χ1v) is 12.1. The van der Waals surface area contributed by atoms with Crippen LogP contribution in [0.2, 0.25) is 18.1 Å². The molecule has 0 bridgehead atoms. The van der Waals surface area contributed by atoms with Crippen molar-refractivity contribution < 1.29 is 9.53 Å². The van der Waals surface area contributed by atoms with Crippen molar-refractivity contribution in [2.45, 2.75) is 78.4 Å². The van der Waals surface area contributed by atoms with E-state index >= 15 is 0 Å². The molecule has 0 aliphatic rings. The quantitative estimate of drug-likeness (QED) is 0.206. The molecular weight excluding hydrogens is 312 g/mol. The van der Waals surface area contributed by atoms with Gasteiger partial charge < -0.3 is 4.74 Å². The number of ether oxygens (including phenoxy) is 1. The number of benzene rings is 1. The SMILES string of the molecule is CCCCC/C=C(/c1ccc(OC(C)=O)cc1)[Si](CC)(CC)CC. The molecule has 0 radical (unpaired) electrons. The summed E-state index contributed by atoms with van der Waals surface area (Å²) in [5.41, 5.74) is 1.32. The van der Waals surface area contributed by atoms with Crippen LogP contribution in [0.15, 0.2) is 30.3 Å². The highest BCUT2D eigenvalue weighted by molar-refractivity contribution is 6.96. The smallest absolute Gasteiger partial charge is 0.308 e. The second-order valence-corrected chi connectivity index (χ2v) is 11.8. The van der Waals surface area contributed by atoms with Crippen molar-refractivity contribution in [1.82, 2.24) is 0 Å². The molecule has 0 fully saturated rings. The van der Waals surface area contributed by atoms with Crippen molar-refractivity contribution in [2.75, 3.05) is 0 Å². The number of rotatable bonds is 10. The Morgan fingerprint density at radius 3 is 2.04 bits per heavy atom. The van der Waals surface area contributed by atoms with Gasteiger partial charge in [0.05, 0.1) is 8.07 Å². The summed E-state index contributed by atoms with van der Waals surface area (Å²) in [6.45, 7) is 10.8. The van der Waals surface area contributed by atoms with Crippen LogP contribution >= 0.6 is 0 Å². The largest absolute Gasteiger partial charge is 0.427 e. The van der Waals surface area contributed by atoms with Crippen LogP contribution in [0.5, 0.6) is 5.75 Å². The third-order valence-electron chi connectivity index (χ3n) is 5.18. The van der Waals surface area contributed by atoms with Gasteiger partial charge in [-0.2, -0.15) is 0 Å². The van der Waals surface area contributed by atoms with Gasteiger partial charge in [-0.3, -0.25) is 4.79 Å². The van der Waals surface area contributed by atoms with E-state index < -0.39 is 8.07 Å². The van der Waals surface area contributed by atoms with Crippen molar-refractivity contribution in [3.05, 3.63) is 35.9 Å². The Morgan fingerprint density at radius 2 is 1.58 bits per heavy atom. The normalized spacial score (nSPS) is 12.3. The van der Waals surface area contributed by atoms with E-state index in [0.717, 1.165) is 0 Å². The summed E-state index contributed by atoms with van der Waals surface area (Å²) in [6, 6.07) is 12.0. The Morgan fingerprint density at radius 1 is 1.00 bits per heavy atom. The highest BCUT2D eigenvalue weighted by atomic mass is 28.3. The van der Waals surface area contributed by atoms with Gasteiger partial charge in [0, 0.05) is 6.92 Å². The van der Waals surface area contributed by atoms with Crippen LogP contribution in [-0.4, -0.2) is 14.0 Å².